The van der Waals surface area contributed by atoms with Crippen LogP contribution in [0.1, 0.15) is 148 Å². The zero-order valence-corrected chi connectivity index (χ0v) is 48.0. The maximum atomic E-state index is 2.84. The van der Waals surface area contributed by atoms with Gasteiger partial charge in [-0.1, -0.05) is 178 Å². The van der Waals surface area contributed by atoms with Crippen molar-refractivity contribution in [2.24, 2.45) is 0 Å². The first-order chi connectivity index (χ1) is 36.8. The van der Waals surface area contributed by atoms with E-state index in [1.165, 1.54) is 146 Å². The molecule has 0 bridgehead atoms. The summed E-state index contributed by atoms with van der Waals surface area (Å²) in [4.78, 5) is 8.37. The molecule has 0 saturated heterocycles. The first-order valence-electron chi connectivity index (χ1n) is 28.9. The van der Waals surface area contributed by atoms with Gasteiger partial charge < -0.3 is 14.7 Å². The Morgan fingerprint density at radius 3 is 1.79 bits per heavy atom. The standard InChI is InChI=1S/C72H72BN3S/c1-44-36-51-54(70(8,9)43-69(51,6)7)41-60(44)75-61-42-53-52(67(2,3)34-35-68(53,4)5)40-56(61)73-55-37-46(45-22-13-12-14-23-45)30-31-58(55)74(59-28-21-25-49-48-24-15-18-29-64(48)77-66(49)59)62-38-47(39-63(75)65(62)73)76-57-27-17-16-26-50(57)71(10)32-19-20-33-72(71,76)11/h12-18,21-31,36-42H,19-20,32-35,43H2,1-11H3. The summed E-state index contributed by atoms with van der Waals surface area (Å²) < 4.78 is 2.65. The molecule has 4 heterocycles. The summed E-state index contributed by atoms with van der Waals surface area (Å²) in [5.74, 6) is 0. The Labute approximate surface area is 462 Å². The van der Waals surface area contributed by atoms with Crippen molar-refractivity contribution in [3.8, 4) is 11.1 Å². The number of anilines is 8. The van der Waals surface area contributed by atoms with Crippen molar-refractivity contribution in [3.63, 3.8) is 0 Å². The first kappa shape index (κ1) is 47.6. The third-order valence-corrected chi connectivity index (χ3v) is 22.2. The van der Waals surface area contributed by atoms with Crippen LogP contribution in [0.25, 0.3) is 31.3 Å². The highest BCUT2D eigenvalue weighted by molar-refractivity contribution is 7.26. The van der Waals surface area contributed by atoms with Crippen LogP contribution in [0, 0.1) is 6.92 Å². The first-order valence-corrected chi connectivity index (χ1v) is 29.7. The minimum atomic E-state index is -0.131. The summed E-state index contributed by atoms with van der Waals surface area (Å²) in [5, 5.41) is 2.64. The number of para-hydroxylation sites is 1. The van der Waals surface area contributed by atoms with Gasteiger partial charge in [0.2, 0.25) is 0 Å². The van der Waals surface area contributed by atoms with Crippen LogP contribution in [-0.4, -0.2) is 12.3 Å². The molecule has 3 nitrogen and oxygen atoms in total. The summed E-state index contributed by atoms with van der Waals surface area (Å²) in [6.07, 6.45) is 8.26. The molecule has 77 heavy (non-hydrogen) atoms. The van der Waals surface area contributed by atoms with E-state index in [1.54, 1.807) is 0 Å². The second-order valence-electron chi connectivity index (χ2n) is 27.4. The summed E-state index contributed by atoms with van der Waals surface area (Å²) >= 11 is 1.94. The molecule has 3 aliphatic heterocycles. The molecule has 6 aliphatic rings. The zero-order chi connectivity index (χ0) is 52.9. The van der Waals surface area contributed by atoms with E-state index < -0.39 is 0 Å². The summed E-state index contributed by atoms with van der Waals surface area (Å²) in [7, 11) is 0. The molecule has 0 spiro atoms. The molecule has 2 unspecified atom stereocenters. The number of hydrogen-bond acceptors (Lipinski definition) is 4. The summed E-state index contributed by atoms with van der Waals surface area (Å²) in [6, 6.07) is 60.2. The van der Waals surface area contributed by atoms with Crippen LogP contribution in [-0.2, 0) is 27.1 Å². The lowest BCUT2D eigenvalue weighted by molar-refractivity contribution is 0.195. The van der Waals surface area contributed by atoms with Crippen molar-refractivity contribution in [1.29, 1.82) is 0 Å². The van der Waals surface area contributed by atoms with E-state index in [0.29, 0.717) is 0 Å². The van der Waals surface area contributed by atoms with Gasteiger partial charge in [0.25, 0.3) is 6.71 Å². The van der Waals surface area contributed by atoms with Crippen molar-refractivity contribution >= 4 is 100 Å². The molecular formula is C72H72BN3S. The zero-order valence-electron chi connectivity index (χ0n) is 47.2. The smallest absolute Gasteiger partial charge is 0.252 e. The van der Waals surface area contributed by atoms with Crippen LogP contribution < -0.4 is 31.1 Å². The molecule has 15 rings (SSSR count). The van der Waals surface area contributed by atoms with E-state index in [2.05, 4.69) is 243 Å². The molecule has 1 aromatic heterocycles. The molecular weight excluding hydrogens is 950 g/mol. The Balaban J connectivity index is 1.12. The lowest BCUT2D eigenvalue weighted by Crippen LogP contribution is -2.62. The van der Waals surface area contributed by atoms with Crippen molar-refractivity contribution < 1.29 is 0 Å². The van der Waals surface area contributed by atoms with Gasteiger partial charge in [-0.2, -0.15) is 0 Å². The highest BCUT2D eigenvalue weighted by Crippen LogP contribution is 2.63. The van der Waals surface area contributed by atoms with E-state index in [9.17, 15) is 0 Å². The molecule has 1 fully saturated rings. The maximum Gasteiger partial charge on any atom is 0.252 e. The molecule has 384 valence electrons. The molecule has 2 atom stereocenters. The Morgan fingerprint density at radius 1 is 0.429 bits per heavy atom. The fourth-order valence-electron chi connectivity index (χ4n) is 16.9. The van der Waals surface area contributed by atoms with Crippen molar-refractivity contribution in [2.75, 3.05) is 14.7 Å². The summed E-state index contributed by atoms with van der Waals surface area (Å²) in [5.41, 5.74) is 25.9. The number of rotatable bonds is 4. The third-order valence-electron chi connectivity index (χ3n) is 20.9. The second-order valence-corrected chi connectivity index (χ2v) is 28.5. The average Bonchev–Trinajstić information content (AvgIpc) is 4.20. The van der Waals surface area contributed by atoms with Gasteiger partial charge in [-0.05, 0) is 177 Å². The molecule has 0 radical (unpaired) electrons. The Hall–Kier alpha value is -6.56. The Morgan fingerprint density at radius 2 is 1.03 bits per heavy atom. The van der Waals surface area contributed by atoms with Crippen LogP contribution in [0.2, 0.25) is 0 Å². The fraction of sp³-hybridized carbons (Fsp3) is 0.333. The molecule has 9 aromatic rings. The van der Waals surface area contributed by atoms with Crippen LogP contribution >= 0.6 is 11.3 Å². The SMILES string of the molecule is Cc1cc2c(cc1N1c3cc4c(cc3B3c5cc(-c6ccccc6)ccc5N(c5cccc6c5sc5ccccc56)c5cc(N6c7ccccc7C7(C)CCCCC67C)cc1c53)C(C)(C)CCC4(C)C)C(C)(C)CC2(C)C. The van der Waals surface area contributed by atoms with E-state index in [-0.39, 0.29) is 39.3 Å². The van der Waals surface area contributed by atoms with E-state index in [0.717, 1.165) is 25.7 Å². The minimum absolute atomic E-state index is 0.000990. The molecule has 5 heteroatoms. The number of fused-ring (bicyclic) bond motifs is 12. The second kappa shape index (κ2) is 15.8. The van der Waals surface area contributed by atoms with Crippen LogP contribution in [0.4, 0.5) is 45.5 Å². The van der Waals surface area contributed by atoms with Gasteiger partial charge in [0.05, 0.1) is 15.9 Å². The minimum Gasteiger partial charge on any atom is -0.334 e. The largest absolute Gasteiger partial charge is 0.334 e. The Kier molecular flexibility index (Phi) is 9.78. The molecule has 0 amide bonds. The van der Waals surface area contributed by atoms with E-state index in [4.69, 9.17) is 0 Å². The van der Waals surface area contributed by atoms with Gasteiger partial charge in [-0.25, -0.2) is 0 Å². The van der Waals surface area contributed by atoms with Crippen molar-refractivity contribution in [3.05, 3.63) is 185 Å². The Bertz CT molecular complexity index is 4010. The van der Waals surface area contributed by atoms with Crippen LogP contribution in [0.5, 0.6) is 0 Å². The van der Waals surface area contributed by atoms with E-state index in [1.807, 2.05) is 11.3 Å². The molecule has 0 N–H and O–H groups in total. The summed E-state index contributed by atoms with van der Waals surface area (Å²) in [6.45, 7) is 27.5. The van der Waals surface area contributed by atoms with Crippen LogP contribution in [0.3, 0.4) is 0 Å². The normalized spacial score (nSPS) is 22.5. The lowest BCUT2D eigenvalue weighted by Gasteiger charge is -2.51. The number of aryl methyl sites for hydroxylation is 1. The molecule has 1 saturated carbocycles. The van der Waals surface area contributed by atoms with Crippen molar-refractivity contribution in [2.45, 2.75) is 154 Å². The monoisotopic (exact) mass is 1020 g/mol. The number of benzene rings is 8. The predicted octanol–water partition coefficient (Wildman–Crippen LogP) is 18.2. The average molecular weight is 1020 g/mol. The quantitative estimate of drug-likeness (QED) is 0.163. The number of thiophene rings is 1. The lowest BCUT2D eigenvalue weighted by atomic mass is 9.33. The van der Waals surface area contributed by atoms with Crippen molar-refractivity contribution in [1.82, 2.24) is 0 Å². The van der Waals surface area contributed by atoms with Gasteiger partial charge in [-0.15, -0.1) is 11.3 Å². The molecule has 8 aromatic carbocycles. The van der Waals surface area contributed by atoms with Gasteiger partial charge in [-0.3, -0.25) is 0 Å². The van der Waals surface area contributed by atoms with Crippen LogP contribution in [0.15, 0.2) is 152 Å². The topological polar surface area (TPSA) is 9.72 Å². The van der Waals surface area contributed by atoms with E-state index >= 15 is 0 Å². The predicted molar refractivity (Wildman–Crippen MR) is 332 cm³/mol. The third kappa shape index (κ3) is 6.44. The fourth-order valence-corrected chi connectivity index (χ4v) is 18.1. The number of hydrogen-bond donors (Lipinski definition) is 0. The van der Waals surface area contributed by atoms with Gasteiger partial charge in [0.1, 0.15) is 0 Å². The highest BCUT2D eigenvalue weighted by atomic mass is 32.1. The number of nitrogens with zero attached hydrogens (tertiary/aromatic N) is 3. The highest BCUT2D eigenvalue weighted by Gasteiger charge is 2.58. The molecule has 3 aliphatic carbocycles. The maximum absolute atomic E-state index is 2.84. The van der Waals surface area contributed by atoms with Gasteiger partial charge in [0, 0.05) is 60.7 Å². The van der Waals surface area contributed by atoms with Gasteiger partial charge in [0.15, 0.2) is 0 Å². The van der Waals surface area contributed by atoms with Gasteiger partial charge >= 0.3 is 0 Å².